The van der Waals surface area contributed by atoms with Gasteiger partial charge in [0, 0.05) is 40.9 Å². The Morgan fingerprint density at radius 2 is 2.14 bits per heavy atom. The molecule has 3 nitrogen and oxygen atoms in total. The first-order chi connectivity index (χ1) is 10.1. The van der Waals surface area contributed by atoms with Gasteiger partial charge in [-0.3, -0.25) is 0 Å². The molecule has 21 heavy (non-hydrogen) atoms. The molecule has 1 aliphatic carbocycles. The topological polar surface area (TPSA) is 30.5 Å². The van der Waals surface area contributed by atoms with Gasteiger partial charge < -0.3 is 14.8 Å². The van der Waals surface area contributed by atoms with Crippen molar-refractivity contribution in [3.8, 4) is 0 Å². The Morgan fingerprint density at radius 3 is 2.76 bits per heavy atom. The Labute approximate surface area is 136 Å². The van der Waals surface area contributed by atoms with E-state index in [1.54, 1.807) is 7.11 Å². The van der Waals surface area contributed by atoms with Gasteiger partial charge in [0.2, 0.25) is 0 Å². The molecule has 0 aromatic heterocycles. The molecule has 1 fully saturated rings. The van der Waals surface area contributed by atoms with Crippen molar-refractivity contribution in [3.63, 3.8) is 0 Å². The molecule has 0 heterocycles. The van der Waals surface area contributed by atoms with E-state index in [1.807, 2.05) is 0 Å². The summed E-state index contributed by atoms with van der Waals surface area (Å²) in [5, 5.41) is 3.71. The van der Waals surface area contributed by atoms with Crippen LogP contribution >= 0.6 is 15.9 Å². The number of hydrogen-bond acceptors (Lipinski definition) is 3. The molecule has 0 saturated heterocycles. The summed E-state index contributed by atoms with van der Waals surface area (Å²) in [4.78, 5) is 0. The molecule has 0 aliphatic heterocycles. The first-order valence-corrected chi connectivity index (χ1v) is 8.50. The largest absolute Gasteiger partial charge is 0.381 e. The number of anilines is 1. The van der Waals surface area contributed by atoms with Crippen molar-refractivity contribution < 1.29 is 9.47 Å². The minimum atomic E-state index is 0.197. The fourth-order valence-electron chi connectivity index (χ4n) is 3.15. The molecule has 3 atom stereocenters. The van der Waals surface area contributed by atoms with Crippen LogP contribution in [-0.2, 0) is 16.1 Å². The molecule has 0 bridgehead atoms. The van der Waals surface area contributed by atoms with E-state index < -0.39 is 0 Å². The van der Waals surface area contributed by atoms with E-state index in [0.717, 1.165) is 29.6 Å². The maximum Gasteiger partial charge on any atom is 0.0744 e. The van der Waals surface area contributed by atoms with Gasteiger partial charge in [-0.15, -0.1) is 0 Å². The maximum absolute atomic E-state index is 5.88. The monoisotopic (exact) mass is 355 g/mol. The van der Waals surface area contributed by atoms with Crippen molar-refractivity contribution in [2.75, 3.05) is 19.0 Å². The van der Waals surface area contributed by atoms with Gasteiger partial charge in [-0.25, -0.2) is 0 Å². The van der Waals surface area contributed by atoms with E-state index in [9.17, 15) is 0 Å². The van der Waals surface area contributed by atoms with Gasteiger partial charge in [0.05, 0.1) is 12.7 Å². The zero-order valence-corrected chi connectivity index (χ0v) is 15.0. The van der Waals surface area contributed by atoms with Crippen molar-refractivity contribution in [3.05, 3.63) is 28.2 Å². The molecule has 3 unspecified atom stereocenters. The van der Waals surface area contributed by atoms with Crippen molar-refractivity contribution in [2.45, 2.75) is 52.4 Å². The highest BCUT2D eigenvalue weighted by molar-refractivity contribution is 9.10. The Hall–Kier alpha value is -0.580. The van der Waals surface area contributed by atoms with Crippen LogP contribution in [-0.4, -0.2) is 25.9 Å². The van der Waals surface area contributed by atoms with Gasteiger partial charge >= 0.3 is 0 Å². The average Bonchev–Trinajstić information content (AvgIpc) is 2.48. The molecule has 1 N–H and O–H groups in total. The Kier molecular flexibility index (Phi) is 5.69. The standard InChI is InChI=1S/C17H26BrNO2/c1-5-17(3)15(10-16(17)21-6-2)19-14-9-7-8-13(18)12(14)11-20-4/h7-9,15-16,19H,5-6,10-11H2,1-4H3. The van der Waals surface area contributed by atoms with Gasteiger partial charge in [-0.2, -0.15) is 0 Å². The number of nitrogens with one attached hydrogen (secondary N) is 1. The number of hydrogen-bond donors (Lipinski definition) is 1. The van der Waals surface area contributed by atoms with Crippen LogP contribution in [0, 0.1) is 5.41 Å². The van der Waals surface area contributed by atoms with Gasteiger partial charge in [-0.1, -0.05) is 35.8 Å². The Balaban J connectivity index is 2.14. The lowest BCUT2D eigenvalue weighted by Gasteiger charge is -2.54. The van der Waals surface area contributed by atoms with E-state index >= 15 is 0 Å². The summed E-state index contributed by atoms with van der Waals surface area (Å²) in [6.07, 6.45) is 2.54. The SMILES string of the molecule is CCOC1CC(Nc2cccc(Br)c2COC)C1(C)CC. The molecule has 0 radical (unpaired) electrons. The van der Waals surface area contributed by atoms with Crippen LogP contribution in [0.15, 0.2) is 22.7 Å². The first kappa shape index (κ1) is 16.8. The smallest absolute Gasteiger partial charge is 0.0744 e. The van der Waals surface area contributed by atoms with Crippen molar-refractivity contribution in [1.29, 1.82) is 0 Å². The van der Waals surface area contributed by atoms with Gasteiger partial charge in [-0.05, 0) is 31.9 Å². The zero-order valence-electron chi connectivity index (χ0n) is 13.4. The lowest BCUT2D eigenvalue weighted by atomic mass is 9.61. The summed E-state index contributed by atoms with van der Waals surface area (Å²) in [6, 6.07) is 6.70. The Morgan fingerprint density at radius 1 is 1.38 bits per heavy atom. The van der Waals surface area contributed by atoms with Crippen LogP contribution in [0.25, 0.3) is 0 Å². The van der Waals surface area contributed by atoms with E-state index in [2.05, 4.69) is 60.2 Å². The number of benzene rings is 1. The fraction of sp³-hybridized carbons (Fsp3) is 0.647. The minimum Gasteiger partial charge on any atom is -0.381 e. The maximum atomic E-state index is 5.88. The van der Waals surface area contributed by atoms with Crippen LogP contribution in [0.2, 0.25) is 0 Å². The van der Waals surface area contributed by atoms with Crippen LogP contribution in [0.3, 0.4) is 0 Å². The molecular formula is C17H26BrNO2. The second kappa shape index (κ2) is 7.12. The predicted octanol–water partition coefficient (Wildman–Crippen LogP) is 4.60. The highest BCUT2D eigenvalue weighted by atomic mass is 79.9. The number of rotatable bonds is 7. The van der Waals surface area contributed by atoms with Crippen molar-refractivity contribution >= 4 is 21.6 Å². The molecule has 118 valence electrons. The molecule has 0 amide bonds. The molecule has 0 spiro atoms. The van der Waals surface area contributed by atoms with E-state index in [4.69, 9.17) is 9.47 Å². The fourth-order valence-corrected chi connectivity index (χ4v) is 3.63. The highest BCUT2D eigenvalue weighted by Gasteiger charge is 2.51. The summed E-state index contributed by atoms with van der Waals surface area (Å²) >= 11 is 3.62. The molecule has 2 rings (SSSR count). The summed E-state index contributed by atoms with van der Waals surface area (Å²) in [5.41, 5.74) is 2.53. The molecular weight excluding hydrogens is 330 g/mol. The average molecular weight is 356 g/mol. The third-order valence-corrected chi connectivity index (χ3v) is 5.59. The third kappa shape index (κ3) is 3.27. The second-order valence-electron chi connectivity index (χ2n) is 5.93. The lowest BCUT2D eigenvalue weighted by molar-refractivity contribution is -0.109. The highest BCUT2D eigenvalue weighted by Crippen LogP contribution is 2.47. The van der Waals surface area contributed by atoms with Crippen molar-refractivity contribution in [2.24, 2.45) is 5.41 Å². The lowest BCUT2D eigenvalue weighted by Crippen LogP contribution is -2.59. The third-order valence-electron chi connectivity index (χ3n) is 4.85. The van der Waals surface area contributed by atoms with Crippen LogP contribution in [0.5, 0.6) is 0 Å². The quantitative estimate of drug-likeness (QED) is 0.774. The second-order valence-corrected chi connectivity index (χ2v) is 6.79. The van der Waals surface area contributed by atoms with Gasteiger partial charge in [0.25, 0.3) is 0 Å². The van der Waals surface area contributed by atoms with E-state index in [-0.39, 0.29) is 5.41 Å². The van der Waals surface area contributed by atoms with E-state index in [0.29, 0.717) is 18.8 Å². The summed E-state index contributed by atoms with van der Waals surface area (Å²) in [7, 11) is 1.73. The number of methoxy groups -OCH3 is 1. The summed E-state index contributed by atoms with van der Waals surface area (Å²) in [6.45, 7) is 8.04. The number of halogens is 1. The minimum absolute atomic E-state index is 0.197. The molecule has 1 aromatic carbocycles. The van der Waals surface area contributed by atoms with Crippen molar-refractivity contribution in [1.82, 2.24) is 0 Å². The molecule has 4 heteroatoms. The van der Waals surface area contributed by atoms with Crippen LogP contribution in [0.4, 0.5) is 5.69 Å². The molecule has 1 aromatic rings. The first-order valence-electron chi connectivity index (χ1n) is 7.71. The zero-order chi connectivity index (χ0) is 15.5. The normalized spacial score (nSPS) is 28.2. The summed E-state index contributed by atoms with van der Waals surface area (Å²) in [5.74, 6) is 0. The molecule has 1 saturated carbocycles. The van der Waals surface area contributed by atoms with Crippen LogP contribution in [0.1, 0.15) is 39.2 Å². The number of ether oxygens (including phenoxy) is 2. The summed E-state index contributed by atoms with van der Waals surface area (Å²) < 4.78 is 12.3. The Bertz CT molecular complexity index is 480. The molecule has 1 aliphatic rings. The predicted molar refractivity (Wildman–Crippen MR) is 90.7 cm³/mol. The van der Waals surface area contributed by atoms with Gasteiger partial charge in [0.15, 0.2) is 0 Å². The van der Waals surface area contributed by atoms with E-state index in [1.165, 1.54) is 5.56 Å². The van der Waals surface area contributed by atoms with Gasteiger partial charge in [0.1, 0.15) is 0 Å². The van der Waals surface area contributed by atoms with Crippen LogP contribution < -0.4 is 5.32 Å².